The Labute approximate surface area is 140 Å². The van der Waals surface area contributed by atoms with Gasteiger partial charge >= 0.3 is 0 Å². The summed E-state index contributed by atoms with van der Waals surface area (Å²) in [6.45, 7) is 6.17. The van der Waals surface area contributed by atoms with Crippen LogP contribution in [0.25, 0.3) is 11.0 Å². The Morgan fingerprint density at radius 2 is 2.04 bits per heavy atom. The van der Waals surface area contributed by atoms with Crippen molar-refractivity contribution in [3.8, 4) is 0 Å². The van der Waals surface area contributed by atoms with Crippen LogP contribution in [0.4, 0.5) is 5.69 Å². The lowest BCUT2D eigenvalue weighted by Gasteiger charge is -2.09. The van der Waals surface area contributed by atoms with E-state index in [0.717, 1.165) is 22.3 Å². The second-order valence-corrected chi connectivity index (χ2v) is 8.71. The van der Waals surface area contributed by atoms with Crippen LogP contribution >= 0.6 is 11.3 Å². The van der Waals surface area contributed by atoms with E-state index >= 15 is 0 Å². The Morgan fingerprint density at radius 3 is 2.70 bits per heavy atom. The Kier molecular flexibility index (Phi) is 4.16. The van der Waals surface area contributed by atoms with Crippen molar-refractivity contribution in [2.75, 3.05) is 4.72 Å². The summed E-state index contributed by atoms with van der Waals surface area (Å²) in [6, 6.07) is 9.24. The summed E-state index contributed by atoms with van der Waals surface area (Å²) in [5.41, 5.74) is 2.30. The number of hydrogen-bond acceptors (Lipinski definition) is 4. The number of hydrogen-bond donors (Lipinski definition) is 1. The van der Waals surface area contributed by atoms with Gasteiger partial charge in [-0.15, -0.1) is 11.3 Å². The maximum Gasteiger partial charge on any atom is 0.271 e. The van der Waals surface area contributed by atoms with Gasteiger partial charge in [0.05, 0.1) is 23.0 Å². The first-order valence-corrected chi connectivity index (χ1v) is 9.79. The molecule has 5 nitrogen and oxygen atoms in total. The standard InChI is InChI=1S/C16H19N3O2S2/c1-4-13-6-8-16(22-13)23(20,21)18-12-5-7-15-14(9-12)17-10-19(15)11(2)3/h5-11,18H,4H2,1-3H3. The van der Waals surface area contributed by atoms with Crippen molar-refractivity contribution in [3.63, 3.8) is 0 Å². The van der Waals surface area contributed by atoms with E-state index in [1.54, 1.807) is 24.5 Å². The van der Waals surface area contributed by atoms with Crippen LogP contribution in [0.15, 0.2) is 40.9 Å². The van der Waals surface area contributed by atoms with E-state index in [9.17, 15) is 8.42 Å². The highest BCUT2D eigenvalue weighted by Gasteiger charge is 2.17. The second-order valence-electron chi connectivity index (χ2n) is 5.63. The minimum absolute atomic E-state index is 0.307. The lowest BCUT2D eigenvalue weighted by atomic mass is 10.2. The van der Waals surface area contributed by atoms with Crippen molar-refractivity contribution in [2.45, 2.75) is 37.4 Å². The summed E-state index contributed by atoms with van der Waals surface area (Å²) in [5.74, 6) is 0. The van der Waals surface area contributed by atoms with Crippen LogP contribution in [-0.4, -0.2) is 18.0 Å². The van der Waals surface area contributed by atoms with Gasteiger partial charge in [0.1, 0.15) is 4.21 Å². The van der Waals surface area contributed by atoms with Crippen molar-refractivity contribution in [2.24, 2.45) is 0 Å². The molecule has 0 bridgehead atoms. The molecule has 23 heavy (non-hydrogen) atoms. The summed E-state index contributed by atoms with van der Waals surface area (Å²) >= 11 is 1.30. The van der Waals surface area contributed by atoms with Crippen molar-refractivity contribution < 1.29 is 8.42 Å². The third-order valence-electron chi connectivity index (χ3n) is 3.63. The summed E-state index contributed by atoms with van der Waals surface area (Å²) in [7, 11) is -3.55. The largest absolute Gasteiger partial charge is 0.328 e. The van der Waals surface area contributed by atoms with E-state index in [-0.39, 0.29) is 0 Å². The number of anilines is 1. The first-order valence-electron chi connectivity index (χ1n) is 7.49. The highest BCUT2D eigenvalue weighted by Crippen LogP contribution is 2.26. The molecule has 1 aromatic carbocycles. The van der Waals surface area contributed by atoms with Gasteiger partial charge in [-0.25, -0.2) is 13.4 Å². The normalized spacial score (nSPS) is 12.2. The molecular formula is C16H19N3O2S2. The zero-order valence-electron chi connectivity index (χ0n) is 13.3. The molecule has 3 aromatic rings. The van der Waals surface area contributed by atoms with Gasteiger partial charge in [0, 0.05) is 10.9 Å². The van der Waals surface area contributed by atoms with Gasteiger partial charge in [-0.1, -0.05) is 6.92 Å². The van der Waals surface area contributed by atoms with Crippen LogP contribution in [0.2, 0.25) is 0 Å². The number of imidazole rings is 1. The Hall–Kier alpha value is -1.86. The summed E-state index contributed by atoms with van der Waals surface area (Å²) in [4.78, 5) is 5.40. The van der Waals surface area contributed by atoms with Crippen LogP contribution in [0.3, 0.4) is 0 Å². The number of aryl methyl sites for hydroxylation is 1. The minimum Gasteiger partial charge on any atom is -0.328 e. The highest BCUT2D eigenvalue weighted by molar-refractivity contribution is 7.94. The number of aromatic nitrogens is 2. The SMILES string of the molecule is CCc1ccc(S(=O)(=O)Nc2ccc3c(c2)ncn3C(C)C)s1. The van der Waals surface area contributed by atoms with E-state index in [1.165, 1.54) is 11.3 Å². The predicted octanol–water partition coefficient (Wildman–Crippen LogP) is 4.04. The molecule has 0 atom stereocenters. The molecular weight excluding hydrogens is 330 g/mol. The van der Waals surface area contributed by atoms with E-state index in [2.05, 4.69) is 28.1 Å². The lowest BCUT2D eigenvalue weighted by Crippen LogP contribution is -2.11. The molecule has 0 spiro atoms. The van der Waals surface area contributed by atoms with Gasteiger partial charge < -0.3 is 4.57 Å². The molecule has 0 unspecified atom stereocenters. The molecule has 2 aromatic heterocycles. The molecule has 0 amide bonds. The third kappa shape index (κ3) is 3.11. The number of benzene rings is 1. The van der Waals surface area contributed by atoms with E-state index < -0.39 is 10.0 Å². The molecule has 0 radical (unpaired) electrons. The van der Waals surface area contributed by atoms with Gasteiger partial charge in [-0.2, -0.15) is 0 Å². The van der Waals surface area contributed by atoms with Crippen molar-refractivity contribution in [1.29, 1.82) is 0 Å². The number of nitrogens with one attached hydrogen (secondary N) is 1. The Balaban J connectivity index is 1.91. The van der Waals surface area contributed by atoms with Crippen LogP contribution in [0, 0.1) is 0 Å². The molecule has 0 aliphatic carbocycles. The van der Waals surface area contributed by atoms with E-state index in [4.69, 9.17) is 0 Å². The first kappa shape index (κ1) is 16.0. The van der Waals surface area contributed by atoms with E-state index in [0.29, 0.717) is 15.9 Å². The topological polar surface area (TPSA) is 64.0 Å². The highest BCUT2D eigenvalue weighted by atomic mass is 32.2. The number of sulfonamides is 1. The average Bonchev–Trinajstić information content (AvgIpc) is 3.13. The lowest BCUT2D eigenvalue weighted by molar-refractivity contribution is 0.603. The maximum absolute atomic E-state index is 12.5. The summed E-state index contributed by atoms with van der Waals surface area (Å²) in [5, 5.41) is 0. The van der Waals surface area contributed by atoms with Gasteiger partial charge in [0.2, 0.25) is 0 Å². The molecule has 2 heterocycles. The fourth-order valence-electron chi connectivity index (χ4n) is 2.40. The molecule has 0 fully saturated rings. The predicted molar refractivity (Wildman–Crippen MR) is 94.6 cm³/mol. The third-order valence-corrected chi connectivity index (χ3v) is 6.74. The number of nitrogens with zero attached hydrogens (tertiary/aromatic N) is 2. The second kappa shape index (κ2) is 5.98. The number of rotatable bonds is 5. The van der Waals surface area contributed by atoms with Crippen LogP contribution < -0.4 is 4.72 Å². The fraction of sp³-hybridized carbons (Fsp3) is 0.312. The van der Waals surface area contributed by atoms with Gasteiger partial charge in [-0.05, 0) is 50.6 Å². The minimum atomic E-state index is -3.55. The zero-order valence-corrected chi connectivity index (χ0v) is 14.9. The van der Waals surface area contributed by atoms with E-state index in [1.807, 2.05) is 19.1 Å². The quantitative estimate of drug-likeness (QED) is 0.756. The molecule has 122 valence electrons. The van der Waals surface area contributed by atoms with Crippen LogP contribution in [0.1, 0.15) is 31.7 Å². The molecule has 0 saturated heterocycles. The van der Waals surface area contributed by atoms with Gasteiger partial charge in [0.15, 0.2) is 0 Å². The molecule has 7 heteroatoms. The monoisotopic (exact) mass is 349 g/mol. The van der Waals surface area contributed by atoms with Crippen LogP contribution in [-0.2, 0) is 16.4 Å². The Morgan fingerprint density at radius 1 is 1.26 bits per heavy atom. The summed E-state index contributed by atoms with van der Waals surface area (Å²) in [6.07, 6.45) is 2.61. The molecule has 1 N–H and O–H groups in total. The van der Waals surface area contributed by atoms with Crippen molar-refractivity contribution in [3.05, 3.63) is 41.5 Å². The summed E-state index contributed by atoms with van der Waals surface area (Å²) < 4.78 is 29.9. The number of fused-ring (bicyclic) bond motifs is 1. The van der Waals surface area contributed by atoms with Crippen molar-refractivity contribution in [1.82, 2.24) is 9.55 Å². The Bertz CT molecular complexity index is 939. The fourth-order valence-corrected chi connectivity index (χ4v) is 4.75. The smallest absolute Gasteiger partial charge is 0.271 e. The van der Waals surface area contributed by atoms with Gasteiger partial charge in [0.25, 0.3) is 10.0 Å². The maximum atomic E-state index is 12.5. The molecule has 0 saturated carbocycles. The van der Waals surface area contributed by atoms with Crippen LogP contribution in [0.5, 0.6) is 0 Å². The number of thiophene rings is 1. The molecule has 3 rings (SSSR count). The average molecular weight is 349 g/mol. The molecule has 0 aliphatic rings. The first-order chi connectivity index (χ1) is 10.9. The van der Waals surface area contributed by atoms with Gasteiger partial charge in [-0.3, -0.25) is 4.72 Å². The van der Waals surface area contributed by atoms with Crippen molar-refractivity contribution >= 4 is 38.1 Å². The zero-order chi connectivity index (χ0) is 16.6. The molecule has 0 aliphatic heterocycles.